The lowest BCUT2D eigenvalue weighted by Crippen LogP contribution is -2.00. The fourth-order valence-corrected chi connectivity index (χ4v) is 2.22. The molecule has 110 valence electrons. The molecule has 0 heterocycles. The number of anilines is 1. The van der Waals surface area contributed by atoms with Crippen molar-refractivity contribution in [2.75, 3.05) is 12.8 Å². The summed E-state index contributed by atoms with van der Waals surface area (Å²) in [5.74, 6) is 1.36. The summed E-state index contributed by atoms with van der Waals surface area (Å²) >= 11 is 3.39. The summed E-state index contributed by atoms with van der Waals surface area (Å²) in [5, 5.41) is 10.7. The van der Waals surface area contributed by atoms with Gasteiger partial charge in [0.2, 0.25) is 0 Å². The summed E-state index contributed by atoms with van der Waals surface area (Å²) in [6.07, 6.45) is 0. The van der Waals surface area contributed by atoms with E-state index >= 15 is 0 Å². The normalized spacial score (nSPS) is 10.2. The van der Waals surface area contributed by atoms with E-state index in [4.69, 9.17) is 15.2 Å². The van der Waals surface area contributed by atoms with Gasteiger partial charge in [-0.05, 0) is 51.8 Å². The van der Waals surface area contributed by atoms with E-state index < -0.39 is 4.92 Å². The summed E-state index contributed by atoms with van der Waals surface area (Å²) in [6.45, 7) is 0.257. The number of ether oxygens (including phenoxy) is 2. The maximum Gasteiger partial charge on any atom is 0.292 e. The van der Waals surface area contributed by atoms with Gasteiger partial charge in [-0.3, -0.25) is 10.1 Å². The van der Waals surface area contributed by atoms with Gasteiger partial charge in [0, 0.05) is 6.07 Å². The fraction of sp³-hybridized carbons (Fsp3) is 0.143. The molecule has 0 aliphatic rings. The van der Waals surface area contributed by atoms with Gasteiger partial charge < -0.3 is 15.2 Å². The standard InChI is InChI=1S/C14H13BrN2O4/c1-20-10-3-5-14(11(15)7-10)21-8-9-2-4-13(17(18)19)12(16)6-9/h2-7H,8,16H2,1H3. The highest BCUT2D eigenvalue weighted by atomic mass is 79.9. The number of benzene rings is 2. The molecule has 0 aliphatic heterocycles. The molecule has 0 amide bonds. The summed E-state index contributed by atoms with van der Waals surface area (Å²) in [7, 11) is 1.59. The minimum Gasteiger partial charge on any atom is -0.497 e. The first-order valence-corrected chi connectivity index (χ1v) is 6.79. The second-order valence-electron chi connectivity index (χ2n) is 4.24. The lowest BCUT2D eigenvalue weighted by Gasteiger charge is -2.10. The van der Waals surface area contributed by atoms with Gasteiger partial charge in [-0.25, -0.2) is 0 Å². The maximum atomic E-state index is 10.7. The van der Waals surface area contributed by atoms with Gasteiger partial charge in [0.05, 0.1) is 16.5 Å². The molecule has 0 aliphatic carbocycles. The van der Waals surface area contributed by atoms with Gasteiger partial charge in [0.25, 0.3) is 5.69 Å². The molecule has 0 bridgehead atoms. The zero-order chi connectivity index (χ0) is 15.4. The van der Waals surface area contributed by atoms with Crippen molar-refractivity contribution in [3.63, 3.8) is 0 Å². The van der Waals surface area contributed by atoms with E-state index in [0.717, 1.165) is 10.0 Å². The van der Waals surface area contributed by atoms with Crippen LogP contribution in [0, 0.1) is 10.1 Å². The Kier molecular flexibility index (Phi) is 4.64. The molecule has 2 rings (SSSR count). The predicted molar refractivity (Wildman–Crippen MR) is 82.5 cm³/mol. The lowest BCUT2D eigenvalue weighted by molar-refractivity contribution is -0.383. The van der Waals surface area contributed by atoms with Crippen molar-refractivity contribution >= 4 is 27.3 Å². The summed E-state index contributed by atoms with van der Waals surface area (Å²) in [6, 6.07) is 9.88. The van der Waals surface area contributed by atoms with Crippen LogP contribution in [0.1, 0.15) is 5.56 Å². The first-order valence-electron chi connectivity index (χ1n) is 6.00. The molecule has 0 saturated heterocycles. The Morgan fingerprint density at radius 1 is 1.29 bits per heavy atom. The van der Waals surface area contributed by atoms with E-state index in [1.807, 2.05) is 0 Å². The van der Waals surface area contributed by atoms with Gasteiger partial charge in [-0.1, -0.05) is 0 Å². The van der Waals surface area contributed by atoms with Crippen LogP contribution >= 0.6 is 15.9 Å². The molecule has 0 radical (unpaired) electrons. The van der Waals surface area contributed by atoms with Crippen molar-refractivity contribution in [2.24, 2.45) is 0 Å². The van der Waals surface area contributed by atoms with Crippen LogP contribution in [-0.2, 0) is 6.61 Å². The van der Waals surface area contributed by atoms with Crippen LogP contribution in [0.25, 0.3) is 0 Å². The van der Waals surface area contributed by atoms with Crippen molar-refractivity contribution < 1.29 is 14.4 Å². The Morgan fingerprint density at radius 3 is 2.62 bits per heavy atom. The number of nitrogens with two attached hydrogens (primary N) is 1. The van der Waals surface area contributed by atoms with Crippen molar-refractivity contribution in [3.05, 3.63) is 56.5 Å². The van der Waals surface area contributed by atoms with E-state index in [-0.39, 0.29) is 18.0 Å². The number of nitro benzene ring substituents is 1. The van der Waals surface area contributed by atoms with Crippen LogP contribution in [-0.4, -0.2) is 12.0 Å². The number of rotatable bonds is 5. The fourth-order valence-electron chi connectivity index (χ4n) is 1.75. The summed E-state index contributed by atoms with van der Waals surface area (Å²) < 4.78 is 11.5. The number of methoxy groups -OCH3 is 1. The molecule has 0 spiro atoms. The Balaban J connectivity index is 2.10. The molecule has 0 unspecified atom stereocenters. The van der Waals surface area contributed by atoms with Crippen LogP contribution in [0.5, 0.6) is 11.5 Å². The Hall–Kier alpha value is -2.28. The molecule has 0 saturated carbocycles. The zero-order valence-electron chi connectivity index (χ0n) is 11.2. The second-order valence-corrected chi connectivity index (χ2v) is 5.09. The van der Waals surface area contributed by atoms with Crippen molar-refractivity contribution in [2.45, 2.75) is 6.61 Å². The number of hydrogen-bond donors (Lipinski definition) is 1. The number of halogens is 1. The topological polar surface area (TPSA) is 87.6 Å². The molecule has 2 aromatic rings. The predicted octanol–water partition coefficient (Wildman–Crippen LogP) is 3.53. The first kappa shape index (κ1) is 15.1. The quantitative estimate of drug-likeness (QED) is 0.505. The second kappa shape index (κ2) is 6.45. The average molecular weight is 353 g/mol. The van der Waals surface area contributed by atoms with E-state index in [1.54, 1.807) is 31.4 Å². The largest absolute Gasteiger partial charge is 0.497 e. The maximum absolute atomic E-state index is 10.7. The molecule has 0 atom stereocenters. The van der Waals surface area contributed by atoms with Crippen molar-refractivity contribution in [1.82, 2.24) is 0 Å². The molecular formula is C14H13BrN2O4. The SMILES string of the molecule is COc1ccc(OCc2ccc([N+](=O)[O-])c(N)c2)c(Br)c1. The van der Waals surface area contributed by atoms with Gasteiger partial charge >= 0.3 is 0 Å². The molecule has 2 N–H and O–H groups in total. The monoisotopic (exact) mass is 352 g/mol. The number of nitrogen functional groups attached to an aromatic ring is 1. The van der Waals surface area contributed by atoms with Crippen LogP contribution < -0.4 is 15.2 Å². The molecule has 0 aromatic heterocycles. The van der Waals surface area contributed by atoms with Gasteiger partial charge in [-0.15, -0.1) is 0 Å². The van der Waals surface area contributed by atoms with Gasteiger partial charge in [0.15, 0.2) is 0 Å². The van der Waals surface area contributed by atoms with Gasteiger partial charge in [-0.2, -0.15) is 0 Å². The third-order valence-corrected chi connectivity index (χ3v) is 3.44. The van der Waals surface area contributed by atoms with Crippen molar-refractivity contribution in [3.8, 4) is 11.5 Å². The van der Waals surface area contributed by atoms with E-state index in [2.05, 4.69) is 15.9 Å². The summed E-state index contributed by atoms with van der Waals surface area (Å²) in [5.41, 5.74) is 6.40. The van der Waals surface area contributed by atoms with Crippen LogP contribution in [0.4, 0.5) is 11.4 Å². The Morgan fingerprint density at radius 2 is 2.05 bits per heavy atom. The highest BCUT2D eigenvalue weighted by molar-refractivity contribution is 9.10. The number of nitro groups is 1. The van der Waals surface area contributed by atoms with Crippen LogP contribution in [0.15, 0.2) is 40.9 Å². The van der Waals surface area contributed by atoms with Crippen LogP contribution in [0.3, 0.4) is 0 Å². The van der Waals surface area contributed by atoms with E-state index in [0.29, 0.717) is 11.5 Å². The van der Waals surface area contributed by atoms with E-state index in [9.17, 15) is 10.1 Å². The number of hydrogen-bond acceptors (Lipinski definition) is 5. The third-order valence-electron chi connectivity index (χ3n) is 2.82. The molecule has 21 heavy (non-hydrogen) atoms. The zero-order valence-corrected chi connectivity index (χ0v) is 12.8. The van der Waals surface area contributed by atoms with Crippen LogP contribution in [0.2, 0.25) is 0 Å². The highest BCUT2D eigenvalue weighted by Crippen LogP contribution is 2.30. The smallest absolute Gasteiger partial charge is 0.292 e. The van der Waals surface area contributed by atoms with Gasteiger partial charge in [0.1, 0.15) is 23.8 Å². The Labute approximate surface area is 129 Å². The highest BCUT2D eigenvalue weighted by Gasteiger charge is 2.11. The average Bonchev–Trinajstić information content (AvgIpc) is 2.45. The third kappa shape index (κ3) is 3.63. The first-order chi connectivity index (χ1) is 10.0. The number of nitrogens with zero attached hydrogens (tertiary/aromatic N) is 1. The minimum absolute atomic E-state index is 0.107. The van der Waals surface area contributed by atoms with Crippen molar-refractivity contribution in [1.29, 1.82) is 0 Å². The minimum atomic E-state index is -0.514. The lowest BCUT2D eigenvalue weighted by atomic mass is 10.2. The summed E-state index contributed by atoms with van der Waals surface area (Å²) in [4.78, 5) is 10.2. The van der Waals surface area contributed by atoms with E-state index in [1.165, 1.54) is 12.1 Å². The molecule has 6 nitrogen and oxygen atoms in total. The molecule has 7 heteroatoms. The molecule has 2 aromatic carbocycles. The Bertz CT molecular complexity index is 676. The molecule has 0 fully saturated rings. The molecular weight excluding hydrogens is 340 g/mol.